The van der Waals surface area contributed by atoms with Gasteiger partial charge in [0.2, 0.25) is 0 Å². The largest absolute Gasteiger partial charge is 0.444 e. The molecule has 4 fully saturated rings. The fraction of sp³-hybridized carbons (Fsp3) is 0.619. The van der Waals surface area contributed by atoms with Crippen LogP contribution < -0.4 is 9.80 Å². The molecule has 29 heavy (non-hydrogen) atoms. The number of rotatable bonds is 6. The van der Waals surface area contributed by atoms with Gasteiger partial charge in [0.05, 0.1) is 30.9 Å². The predicted octanol–water partition coefficient (Wildman–Crippen LogP) is 3.28. The summed E-state index contributed by atoms with van der Waals surface area (Å²) in [7, 11) is 0. The number of carbonyl (C=O) groups is 2. The Labute approximate surface area is 167 Å². The van der Waals surface area contributed by atoms with E-state index in [-0.39, 0.29) is 35.0 Å². The molecule has 3 saturated heterocycles. The maximum absolute atomic E-state index is 14.7. The number of Topliss-reactive ketones (excluding diaryl/α,β-unsaturated/α-hetero) is 1. The molecule has 1 saturated carbocycles. The minimum Gasteiger partial charge on any atom is -0.444 e. The van der Waals surface area contributed by atoms with Gasteiger partial charge in [-0.3, -0.25) is 9.69 Å². The van der Waals surface area contributed by atoms with Crippen LogP contribution >= 0.6 is 0 Å². The number of cyclic esters (lactones) is 1. The van der Waals surface area contributed by atoms with Gasteiger partial charge in [0, 0.05) is 37.6 Å². The van der Waals surface area contributed by atoms with Gasteiger partial charge in [0.15, 0.2) is 11.6 Å². The molecular formula is C21H24F2N2O4. The summed E-state index contributed by atoms with van der Waals surface area (Å²) in [6, 6.07) is 2.37. The number of nitrogens with zero attached hydrogens (tertiary/aromatic N) is 2. The Morgan fingerprint density at radius 3 is 2.41 bits per heavy atom. The summed E-state index contributed by atoms with van der Waals surface area (Å²) in [5.74, 6) is -1.000. The molecule has 1 amide bonds. The molecule has 8 heteroatoms. The Balaban J connectivity index is 1.23. The van der Waals surface area contributed by atoms with Crippen molar-refractivity contribution in [1.82, 2.24) is 0 Å². The second-order valence-electron chi connectivity index (χ2n) is 8.86. The van der Waals surface area contributed by atoms with Crippen molar-refractivity contribution in [3.05, 3.63) is 23.8 Å². The van der Waals surface area contributed by atoms with Crippen LogP contribution in [0.15, 0.2) is 12.1 Å². The molecule has 3 aliphatic heterocycles. The normalized spacial score (nSPS) is 25.4. The highest BCUT2D eigenvalue weighted by Crippen LogP contribution is 2.42. The summed E-state index contributed by atoms with van der Waals surface area (Å²) in [4.78, 5) is 27.2. The Bertz CT molecular complexity index is 822. The molecule has 3 heterocycles. The highest BCUT2D eigenvalue weighted by Gasteiger charge is 2.50. The molecule has 1 atom stereocenters. The van der Waals surface area contributed by atoms with E-state index in [1.807, 2.05) is 0 Å². The summed E-state index contributed by atoms with van der Waals surface area (Å²) >= 11 is 0. The van der Waals surface area contributed by atoms with Gasteiger partial charge in [-0.2, -0.15) is 0 Å². The van der Waals surface area contributed by atoms with Gasteiger partial charge < -0.3 is 14.4 Å². The topological polar surface area (TPSA) is 59.1 Å². The SMILES string of the molecule is O=C(CC[C@H]1CN(c2cc(F)c(N3CC4(COC4)C3)c(F)c2)C(=O)O1)C1CCC1. The van der Waals surface area contributed by atoms with E-state index in [0.29, 0.717) is 39.1 Å². The third-order valence-electron chi connectivity index (χ3n) is 6.65. The van der Waals surface area contributed by atoms with Gasteiger partial charge in [-0.1, -0.05) is 6.42 Å². The lowest BCUT2D eigenvalue weighted by atomic mass is 9.77. The van der Waals surface area contributed by atoms with Crippen molar-refractivity contribution < 1.29 is 27.8 Å². The zero-order chi connectivity index (χ0) is 20.2. The van der Waals surface area contributed by atoms with E-state index in [4.69, 9.17) is 9.47 Å². The lowest BCUT2D eigenvalue weighted by Crippen LogP contribution is -2.66. The van der Waals surface area contributed by atoms with E-state index < -0.39 is 23.8 Å². The van der Waals surface area contributed by atoms with Gasteiger partial charge in [0.1, 0.15) is 17.6 Å². The standard InChI is InChI=1S/C21H24F2N2O4/c22-16-6-14(7-17(23)19(16)24-9-21(10-24)11-28-12-21)25-8-15(29-20(25)27)4-5-18(26)13-2-1-3-13/h6-7,13,15H,1-5,8-12H2/t15-/m0/s1. The number of ether oxygens (including phenoxy) is 2. The number of hydrogen-bond donors (Lipinski definition) is 0. The first-order valence-corrected chi connectivity index (χ1v) is 10.3. The smallest absolute Gasteiger partial charge is 0.414 e. The van der Waals surface area contributed by atoms with Crippen LogP contribution in [0.5, 0.6) is 0 Å². The average molecular weight is 406 g/mol. The number of benzene rings is 1. The van der Waals surface area contributed by atoms with Crippen LogP contribution in [-0.2, 0) is 14.3 Å². The van der Waals surface area contributed by atoms with Gasteiger partial charge in [-0.15, -0.1) is 0 Å². The van der Waals surface area contributed by atoms with Gasteiger partial charge >= 0.3 is 6.09 Å². The molecule has 4 aliphatic rings. The maximum atomic E-state index is 14.7. The molecular weight excluding hydrogens is 382 g/mol. The molecule has 1 aliphatic carbocycles. The summed E-state index contributed by atoms with van der Waals surface area (Å²) in [5.41, 5.74) is 0.130. The number of halogens is 2. The molecule has 0 bridgehead atoms. The lowest BCUT2D eigenvalue weighted by Gasteiger charge is -2.56. The molecule has 5 rings (SSSR count). The zero-order valence-corrected chi connectivity index (χ0v) is 16.2. The average Bonchev–Trinajstić information content (AvgIpc) is 2.91. The van der Waals surface area contributed by atoms with Crippen LogP contribution in [0.4, 0.5) is 25.0 Å². The summed E-state index contributed by atoms with van der Waals surface area (Å²) in [5, 5.41) is 0. The first kappa shape index (κ1) is 18.8. The van der Waals surface area contributed by atoms with Gasteiger partial charge in [-0.05, 0) is 19.3 Å². The maximum Gasteiger partial charge on any atom is 0.414 e. The second-order valence-corrected chi connectivity index (χ2v) is 8.86. The number of amides is 1. The molecule has 0 N–H and O–H groups in total. The monoisotopic (exact) mass is 406 g/mol. The molecule has 1 aromatic carbocycles. The van der Waals surface area contributed by atoms with E-state index in [1.54, 1.807) is 4.90 Å². The first-order valence-electron chi connectivity index (χ1n) is 10.3. The summed E-state index contributed by atoms with van der Waals surface area (Å²) < 4.78 is 39.9. The first-order chi connectivity index (χ1) is 13.9. The van der Waals surface area contributed by atoms with Crippen molar-refractivity contribution in [2.24, 2.45) is 11.3 Å². The number of ketones is 1. The van der Waals surface area contributed by atoms with Crippen LogP contribution in [-0.4, -0.2) is 50.8 Å². The van der Waals surface area contributed by atoms with E-state index in [1.165, 1.54) is 17.0 Å². The number of carbonyl (C=O) groups excluding carboxylic acids is 2. The quantitative estimate of drug-likeness (QED) is 0.726. The Morgan fingerprint density at radius 1 is 1.17 bits per heavy atom. The minimum atomic E-state index is -0.688. The van der Waals surface area contributed by atoms with E-state index in [0.717, 1.165) is 19.3 Å². The van der Waals surface area contributed by atoms with Crippen molar-refractivity contribution in [1.29, 1.82) is 0 Å². The molecule has 0 radical (unpaired) electrons. The highest BCUT2D eigenvalue weighted by molar-refractivity contribution is 5.90. The zero-order valence-electron chi connectivity index (χ0n) is 16.2. The fourth-order valence-corrected chi connectivity index (χ4v) is 4.63. The van der Waals surface area contributed by atoms with Gasteiger partial charge in [0.25, 0.3) is 0 Å². The minimum absolute atomic E-state index is 0.0421. The molecule has 156 valence electrons. The number of anilines is 2. The highest BCUT2D eigenvalue weighted by atomic mass is 19.1. The van der Waals surface area contributed by atoms with Crippen LogP contribution in [0.2, 0.25) is 0 Å². The summed E-state index contributed by atoms with van der Waals surface area (Å²) in [6.07, 6.45) is 2.74. The van der Waals surface area contributed by atoms with E-state index >= 15 is 0 Å². The van der Waals surface area contributed by atoms with Gasteiger partial charge in [-0.25, -0.2) is 13.6 Å². The van der Waals surface area contributed by atoms with E-state index in [9.17, 15) is 18.4 Å². The molecule has 0 aromatic heterocycles. The van der Waals surface area contributed by atoms with Crippen LogP contribution in [0, 0.1) is 23.0 Å². The third-order valence-corrected chi connectivity index (χ3v) is 6.65. The molecule has 1 aromatic rings. The Morgan fingerprint density at radius 2 is 1.86 bits per heavy atom. The van der Waals surface area contributed by atoms with Crippen LogP contribution in [0.25, 0.3) is 0 Å². The van der Waals surface area contributed by atoms with Crippen molar-refractivity contribution in [3.63, 3.8) is 0 Å². The second kappa shape index (κ2) is 6.93. The Kier molecular flexibility index (Phi) is 4.49. The van der Waals surface area contributed by atoms with Crippen molar-refractivity contribution >= 4 is 23.3 Å². The molecule has 6 nitrogen and oxygen atoms in total. The Hall–Kier alpha value is -2.22. The molecule has 1 spiro atoms. The van der Waals surface area contributed by atoms with Crippen LogP contribution in [0.1, 0.15) is 32.1 Å². The van der Waals surface area contributed by atoms with Crippen LogP contribution in [0.3, 0.4) is 0 Å². The lowest BCUT2D eigenvalue weighted by molar-refractivity contribution is -0.127. The van der Waals surface area contributed by atoms with Crippen molar-refractivity contribution in [3.8, 4) is 0 Å². The summed E-state index contributed by atoms with van der Waals surface area (Å²) in [6.45, 7) is 2.61. The van der Waals surface area contributed by atoms with Crippen molar-refractivity contribution in [2.45, 2.75) is 38.2 Å². The number of hydrogen-bond acceptors (Lipinski definition) is 5. The predicted molar refractivity (Wildman–Crippen MR) is 101 cm³/mol. The van der Waals surface area contributed by atoms with Crippen molar-refractivity contribution in [2.75, 3.05) is 42.6 Å². The third kappa shape index (κ3) is 3.27. The van der Waals surface area contributed by atoms with E-state index in [2.05, 4.69) is 0 Å². The molecule has 0 unspecified atom stereocenters. The fourth-order valence-electron chi connectivity index (χ4n) is 4.63.